The molecule has 1 atom stereocenters. The number of anilines is 1. The van der Waals surface area contributed by atoms with Crippen LogP contribution in [0.25, 0.3) is 43.6 Å². The lowest BCUT2D eigenvalue weighted by Crippen LogP contribution is -2.11. The van der Waals surface area contributed by atoms with Gasteiger partial charge in [-0.2, -0.15) is 9.65 Å². The van der Waals surface area contributed by atoms with E-state index in [9.17, 15) is 9.66 Å². The topological polar surface area (TPSA) is 119 Å². The largest absolute Gasteiger partial charge is 0.394 e. The van der Waals surface area contributed by atoms with E-state index in [0.717, 1.165) is 42.2 Å². The van der Waals surface area contributed by atoms with Gasteiger partial charge in [0.15, 0.2) is 22.6 Å². The molecule has 0 aliphatic heterocycles. The van der Waals surface area contributed by atoms with Gasteiger partial charge in [0, 0.05) is 35.8 Å². The fourth-order valence-corrected chi connectivity index (χ4v) is 6.44. The molecule has 0 saturated heterocycles. The molecule has 0 radical (unpaired) electrons. The highest BCUT2D eigenvalue weighted by Gasteiger charge is 2.30. The normalized spacial score (nSPS) is 12.6. The molecule has 5 aromatic rings. The molecule has 1 aromatic carbocycles. The zero-order chi connectivity index (χ0) is 23.7. The van der Waals surface area contributed by atoms with E-state index in [1.165, 1.54) is 11.3 Å². The summed E-state index contributed by atoms with van der Waals surface area (Å²) < 4.78 is 18.3. The van der Waals surface area contributed by atoms with E-state index in [4.69, 9.17) is 15.5 Å². The van der Waals surface area contributed by atoms with Crippen LogP contribution in [0.1, 0.15) is 0 Å². The Morgan fingerprint density at radius 2 is 2.00 bits per heavy atom. The zero-order valence-electron chi connectivity index (χ0n) is 18.5. The molecule has 0 fully saturated rings. The number of nitrogens with two attached hydrogens (primary N) is 1. The van der Waals surface area contributed by atoms with E-state index >= 15 is 0 Å². The van der Waals surface area contributed by atoms with Gasteiger partial charge in [0.2, 0.25) is 0 Å². The maximum Gasteiger partial charge on any atom is 0.269 e. The number of fused-ring (bicyclic) bond motifs is 2. The second kappa shape index (κ2) is 9.69. The van der Waals surface area contributed by atoms with Crippen LogP contribution >= 0.6 is 11.3 Å². The number of benzene rings is 1. The van der Waals surface area contributed by atoms with Gasteiger partial charge < -0.3 is 15.6 Å². The van der Waals surface area contributed by atoms with Crippen molar-refractivity contribution in [2.45, 2.75) is 10.8 Å². The number of pyridine rings is 2. The molecule has 0 aliphatic carbocycles. The van der Waals surface area contributed by atoms with Gasteiger partial charge in [-0.15, -0.1) is 0 Å². The van der Waals surface area contributed by atoms with Crippen molar-refractivity contribution in [3.05, 3.63) is 54.9 Å². The van der Waals surface area contributed by atoms with E-state index in [2.05, 4.69) is 10.1 Å². The van der Waals surface area contributed by atoms with Gasteiger partial charge in [0.1, 0.15) is 10.5 Å². The highest BCUT2D eigenvalue weighted by Crippen LogP contribution is 2.43. The minimum absolute atomic E-state index is 0.0124. The Balaban J connectivity index is 1.68. The molecular weight excluding hydrogens is 470 g/mol. The predicted molar refractivity (Wildman–Crippen MR) is 138 cm³/mol. The maximum absolute atomic E-state index is 10.8. The standard InChI is InChI=1S/C24H24N5O3S2/c1-32-9-10-34(31)24-21(25)20-18(15-5-3-2-4-6-15)12-19(27-23(20)33-24)16-11-17-14-29(7-8-30)28-22(17)26-13-16/h2-6,11-14,30-31H,7-10,25H2,1H3/q+1. The first-order valence-corrected chi connectivity index (χ1v) is 12.9. The summed E-state index contributed by atoms with van der Waals surface area (Å²) in [6, 6.07) is 14.1. The molecule has 4 heterocycles. The first kappa shape index (κ1) is 22.8. The van der Waals surface area contributed by atoms with Gasteiger partial charge in [0.25, 0.3) is 4.21 Å². The molecule has 8 nitrogen and oxygen atoms in total. The Bertz CT molecular complexity index is 1450. The Hall–Kier alpha value is -3.02. The number of hydrogen-bond donors (Lipinski definition) is 3. The number of nitrogens with zero attached hydrogens (tertiary/aromatic N) is 4. The molecule has 4 aromatic heterocycles. The molecule has 0 aliphatic rings. The van der Waals surface area contributed by atoms with E-state index in [1.54, 1.807) is 18.0 Å². The number of aromatic nitrogens is 4. The molecular formula is C24H24N5O3S2+. The highest BCUT2D eigenvalue weighted by atomic mass is 32.2. The average molecular weight is 495 g/mol. The number of ether oxygens (including phenoxy) is 1. The van der Waals surface area contributed by atoms with Gasteiger partial charge in [-0.25, -0.2) is 9.97 Å². The smallest absolute Gasteiger partial charge is 0.269 e. The first-order valence-electron chi connectivity index (χ1n) is 10.7. The molecule has 0 bridgehead atoms. The number of nitrogen functional groups attached to an aromatic ring is 1. The Morgan fingerprint density at radius 1 is 1.18 bits per heavy atom. The third kappa shape index (κ3) is 4.26. The fraction of sp³-hybridized carbons (Fsp3) is 0.208. The summed E-state index contributed by atoms with van der Waals surface area (Å²) in [7, 11) is 1.62. The first-order chi connectivity index (χ1) is 16.6. The van der Waals surface area contributed by atoms with E-state index in [0.29, 0.717) is 30.2 Å². The monoisotopic (exact) mass is 494 g/mol. The minimum Gasteiger partial charge on any atom is -0.394 e. The van der Waals surface area contributed by atoms with Crippen LogP contribution in [0.5, 0.6) is 0 Å². The van der Waals surface area contributed by atoms with Crippen LogP contribution in [-0.2, 0) is 22.5 Å². The number of aliphatic hydroxyl groups is 1. The lowest BCUT2D eigenvalue weighted by Gasteiger charge is -2.08. The number of aliphatic hydroxyl groups excluding tert-OH is 1. The van der Waals surface area contributed by atoms with Crippen LogP contribution < -0.4 is 5.73 Å². The Kier molecular flexibility index (Phi) is 6.48. The molecule has 0 saturated carbocycles. The molecule has 174 valence electrons. The van der Waals surface area contributed by atoms with Crippen LogP contribution in [0.4, 0.5) is 5.69 Å². The van der Waals surface area contributed by atoms with Crippen LogP contribution in [0.15, 0.2) is 59.1 Å². The van der Waals surface area contributed by atoms with Crippen LogP contribution in [0.2, 0.25) is 0 Å². The van der Waals surface area contributed by atoms with Crippen LogP contribution in [0, 0.1) is 0 Å². The van der Waals surface area contributed by atoms with Gasteiger partial charge >= 0.3 is 0 Å². The lowest BCUT2D eigenvalue weighted by atomic mass is 10.0. The average Bonchev–Trinajstić information content (AvgIpc) is 3.42. The van der Waals surface area contributed by atoms with Crippen molar-refractivity contribution >= 4 is 49.5 Å². The van der Waals surface area contributed by atoms with Crippen LogP contribution in [-0.4, -0.2) is 55.5 Å². The molecule has 10 heteroatoms. The van der Waals surface area contributed by atoms with Gasteiger partial charge in [-0.1, -0.05) is 41.7 Å². The fourth-order valence-electron chi connectivity index (χ4n) is 3.85. The summed E-state index contributed by atoms with van der Waals surface area (Å²) in [5.74, 6) is 0.486. The quantitative estimate of drug-likeness (QED) is 0.278. The van der Waals surface area contributed by atoms with Gasteiger partial charge in [0.05, 0.1) is 25.5 Å². The van der Waals surface area contributed by atoms with Gasteiger partial charge in [-0.05, 0) is 23.3 Å². The lowest BCUT2D eigenvalue weighted by molar-refractivity contribution is 0.217. The molecule has 4 N–H and O–H groups in total. The molecule has 1 unspecified atom stereocenters. The SMILES string of the molecule is COCC[S+](O)c1sc2nc(-c3cnc4nn(CCO)cc4c3)cc(-c3ccccc3)c2c1N. The van der Waals surface area contributed by atoms with E-state index < -0.39 is 11.2 Å². The summed E-state index contributed by atoms with van der Waals surface area (Å²) in [6.07, 6.45) is 3.63. The molecule has 34 heavy (non-hydrogen) atoms. The molecule has 0 spiro atoms. The number of rotatable bonds is 8. The second-order valence-electron chi connectivity index (χ2n) is 7.72. The third-order valence-corrected chi connectivity index (χ3v) is 8.40. The van der Waals surface area contributed by atoms with Crippen molar-refractivity contribution in [2.75, 3.05) is 31.8 Å². The summed E-state index contributed by atoms with van der Waals surface area (Å²) in [6.45, 7) is 0.878. The maximum atomic E-state index is 10.8. The molecule has 0 amide bonds. The van der Waals surface area contributed by atoms with Crippen molar-refractivity contribution < 1.29 is 14.4 Å². The number of hydrogen-bond acceptors (Lipinski definition) is 8. The zero-order valence-corrected chi connectivity index (χ0v) is 20.1. The Morgan fingerprint density at radius 3 is 2.76 bits per heavy atom. The van der Waals surface area contributed by atoms with Gasteiger partial charge in [-0.3, -0.25) is 4.68 Å². The van der Waals surface area contributed by atoms with Crippen molar-refractivity contribution in [2.24, 2.45) is 0 Å². The Labute approximate surface area is 203 Å². The highest BCUT2D eigenvalue weighted by molar-refractivity contribution is 7.93. The van der Waals surface area contributed by atoms with Crippen LogP contribution in [0.3, 0.4) is 0 Å². The molecule has 5 rings (SSSR count). The number of methoxy groups -OCH3 is 1. The summed E-state index contributed by atoms with van der Waals surface area (Å²) >= 11 is 0.394. The summed E-state index contributed by atoms with van der Waals surface area (Å²) in [5, 5.41) is 15.3. The third-order valence-electron chi connectivity index (χ3n) is 5.48. The second-order valence-corrected chi connectivity index (χ2v) is 10.5. The van der Waals surface area contributed by atoms with E-state index in [-0.39, 0.29) is 6.61 Å². The predicted octanol–water partition coefficient (Wildman–Crippen LogP) is 4.05. The van der Waals surface area contributed by atoms with Crippen molar-refractivity contribution in [3.63, 3.8) is 0 Å². The van der Waals surface area contributed by atoms with Crippen molar-refractivity contribution in [1.82, 2.24) is 19.7 Å². The van der Waals surface area contributed by atoms with E-state index in [1.807, 2.05) is 48.7 Å². The van der Waals surface area contributed by atoms with Crippen molar-refractivity contribution in [1.29, 1.82) is 0 Å². The summed E-state index contributed by atoms with van der Waals surface area (Å²) in [4.78, 5) is 10.2. The minimum atomic E-state index is -1.03. The number of thiophene rings is 1. The van der Waals surface area contributed by atoms with Crippen molar-refractivity contribution in [3.8, 4) is 22.4 Å². The summed E-state index contributed by atoms with van der Waals surface area (Å²) in [5.41, 5.74) is 11.4.